The van der Waals surface area contributed by atoms with Crippen molar-refractivity contribution in [3.05, 3.63) is 29.8 Å². The monoisotopic (exact) mass is 315 g/mol. The lowest BCUT2D eigenvalue weighted by molar-refractivity contribution is -0.137. The maximum Gasteiger partial charge on any atom is 0.416 e. The topological polar surface area (TPSA) is 46.2 Å². The summed E-state index contributed by atoms with van der Waals surface area (Å²) in [4.78, 5) is 0. The molecule has 0 spiro atoms. The van der Waals surface area contributed by atoms with Crippen molar-refractivity contribution in [3.8, 4) is 0 Å². The molecule has 1 aromatic carbocycles. The van der Waals surface area contributed by atoms with Crippen molar-refractivity contribution in [2.75, 3.05) is 16.4 Å². The van der Waals surface area contributed by atoms with Crippen LogP contribution in [0.25, 0.3) is 0 Å². The van der Waals surface area contributed by atoms with E-state index in [1.807, 2.05) is 0 Å². The summed E-state index contributed by atoms with van der Waals surface area (Å²) >= 11 is 5.51. The van der Waals surface area contributed by atoms with Crippen LogP contribution in [-0.4, -0.2) is 20.1 Å². The van der Waals surface area contributed by atoms with Crippen LogP contribution in [0.3, 0.4) is 0 Å². The van der Waals surface area contributed by atoms with E-state index in [2.05, 4.69) is 4.72 Å². The largest absolute Gasteiger partial charge is 0.416 e. The van der Waals surface area contributed by atoms with Crippen molar-refractivity contribution >= 4 is 27.3 Å². The maximum absolute atomic E-state index is 12.5. The molecule has 0 saturated heterocycles. The molecular formula is C11H13ClF3NO2S. The predicted molar refractivity (Wildman–Crippen MR) is 68.7 cm³/mol. The lowest BCUT2D eigenvalue weighted by atomic mass is 10.2. The van der Waals surface area contributed by atoms with Gasteiger partial charge in [-0.1, -0.05) is 13.0 Å². The highest BCUT2D eigenvalue weighted by molar-refractivity contribution is 7.92. The molecule has 3 nitrogen and oxygen atoms in total. The molecule has 8 heteroatoms. The highest BCUT2D eigenvalue weighted by Gasteiger charge is 2.30. The summed E-state index contributed by atoms with van der Waals surface area (Å²) in [7, 11) is -3.71. The zero-order valence-corrected chi connectivity index (χ0v) is 11.6. The van der Waals surface area contributed by atoms with E-state index in [1.54, 1.807) is 6.92 Å². The third-order valence-corrected chi connectivity index (χ3v) is 4.31. The Balaban J connectivity index is 2.89. The van der Waals surface area contributed by atoms with Crippen LogP contribution in [0.1, 0.15) is 12.5 Å². The van der Waals surface area contributed by atoms with Crippen molar-refractivity contribution in [2.45, 2.75) is 13.1 Å². The number of anilines is 1. The van der Waals surface area contributed by atoms with Gasteiger partial charge in [-0.25, -0.2) is 8.42 Å². The fourth-order valence-electron chi connectivity index (χ4n) is 1.40. The summed E-state index contributed by atoms with van der Waals surface area (Å²) in [5.74, 6) is -0.374. The van der Waals surface area contributed by atoms with Crippen molar-refractivity contribution < 1.29 is 21.6 Å². The predicted octanol–water partition coefficient (Wildman–Crippen LogP) is 3.32. The molecule has 19 heavy (non-hydrogen) atoms. The molecule has 1 unspecified atom stereocenters. The first-order chi connectivity index (χ1) is 8.64. The van der Waals surface area contributed by atoms with Crippen LogP contribution in [0.2, 0.25) is 0 Å². The molecule has 1 aromatic rings. The van der Waals surface area contributed by atoms with Crippen LogP contribution in [0.15, 0.2) is 24.3 Å². The molecule has 0 bridgehead atoms. The fraction of sp³-hybridized carbons (Fsp3) is 0.455. The third-order valence-electron chi connectivity index (χ3n) is 2.23. The van der Waals surface area contributed by atoms with Crippen molar-refractivity contribution in [2.24, 2.45) is 5.92 Å². The van der Waals surface area contributed by atoms with Gasteiger partial charge < -0.3 is 0 Å². The molecule has 0 radical (unpaired) electrons. The molecule has 1 N–H and O–H groups in total. The van der Waals surface area contributed by atoms with Gasteiger partial charge in [-0.3, -0.25) is 4.72 Å². The zero-order valence-electron chi connectivity index (χ0n) is 10.0. The van der Waals surface area contributed by atoms with Gasteiger partial charge in [0.25, 0.3) is 0 Å². The molecule has 0 saturated carbocycles. The number of sulfonamides is 1. The summed E-state index contributed by atoms with van der Waals surface area (Å²) in [6.45, 7) is 1.64. The van der Waals surface area contributed by atoms with E-state index in [-0.39, 0.29) is 23.2 Å². The van der Waals surface area contributed by atoms with E-state index in [0.29, 0.717) is 0 Å². The fourth-order valence-corrected chi connectivity index (χ4v) is 3.07. The van der Waals surface area contributed by atoms with E-state index in [1.165, 1.54) is 6.07 Å². The van der Waals surface area contributed by atoms with Crippen LogP contribution < -0.4 is 4.72 Å². The number of halogens is 4. The Morgan fingerprint density at radius 2 is 2.00 bits per heavy atom. The van der Waals surface area contributed by atoms with E-state index < -0.39 is 21.8 Å². The van der Waals surface area contributed by atoms with Gasteiger partial charge in [-0.05, 0) is 24.1 Å². The zero-order chi connectivity index (χ0) is 14.7. The van der Waals surface area contributed by atoms with Gasteiger partial charge >= 0.3 is 6.18 Å². The minimum atomic E-state index is -4.51. The number of alkyl halides is 4. The van der Waals surface area contributed by atoms with Gasteiger partial charge in [-0.2, -0.15) is 13.2 Å². The minimum absolute atomic E-state index is 0.114. The maximum atomic E-state index is 12.5. The minimum Gasteiger partial charge on any atom is -0.284 e. The number of hydrogen-bond acceptors (Lipinski definition) is 2. The molecular weight excluding hydrogens is 303 g/mol. The summed E-state index contributed by atoms with van der Waals surface area (Å²) in [6, 6.07) is 4.03. The Kier molecular flexibility index (Phi) is 5.09. The molecule has 0 aromatic heterocycles. The first-order valence-corrected chi connectivity index (χ1v) is 7.56. The van der Waals surface area contributed by atoms with E-state index in [4.69, 9.17) is 11.6 Å². The van der Waals surface area contributed by atoms with E-state index >= 15 is 0 Å². The Morgan fingerprint density at radius 3 is 2.53 bits per heavy atom. The highest BCUT2D eigenvalue weighted by Crippen LogP contribution is 2.30. The van der Waals surface area contributed by atoms with Crippen LogP contribution in [0.5, 0.6) is 0 Å². The molecule has 0 aliphatic carbocycles. The van der Waals surface area contributed by atoms with Gasteiger partial charge in [-0.15, -0.1) is 11.6 Å². The second kappa shape index (κ2) is 6.00. The summed E-state index contributed by atoms with van der Waals surface area (Å²) in [5.41, 5.74) is -1.02. The Morgan fingerprint density at radius 1 is 1.37 bits per heavy atom. The smallest absolute Gasteiger partial charge is 0.284 e. The molecule has 0 amide bonds. The van der Waals surface area contributed by atoms with Crippen LogP contribution in [0, 0.1) is 5.92 Å². The van der Waals surface area contributed by atoms with E-state index in [9.17, 15) is 21.6 Å². The number of rotatable bonds is 5. The summed E-state index contributed by atoms with van der Waals surface area (Å²) < 4.78 is 62.9. The van der Waals surface area contributed by atoms with Crippen LogP contribution in [-0.2, 0) is 16.2 Å². The number of benzene rings is 1. The highest BCUT2D eigenvalue weighted by atomic mass is 35.5. The quantitative estimate of drug-likeness (QED) is 0.847. The number of nitrogens with one attached hydrogen (secondary N) is 1. The van der Waals surface area contributed by atoms with Crippen LogP contribution in [0.4, 0.5) is 18.9 Å². The first-order valence-electron chi connectivity index (χ1n) is 5.38. The lowest BCUT2D eigenvalue weighted by Crippen LogP contribution is -2.22. The van der Waals surface area contributed by atoms with Gasteiger partial charge in [0.15, 0.2) is 0 Å². The summed E-state index contributed by atoms with van der Waals surface area (Å²) in [6.07, 6.45) is -4.51. The lowest BCUT2D eigenvalue weighted by Gasteiger charge is -2.13. The molecule has 1 atom stereocenters. The van der Waals surface area contributed by atoms with Gasteiger partial charge in [0.1, 0.15) is 0 Å². The number of hydrogen-bond donors (Lipinski definition) is 1. The normalized spacial score (nSPS) is 14.2. The Labute approximate surface area is 114 Å². The van der Waals surface area contributed by atoms with Gasteiger partial charge in [0, 0.05) is 11.6 Å². The molecule has 0 fully saturated rings. The van der Waals surface area contributed by atoms with Crippen LogP contribution >= 0.6 is 11.6 Å². The molecule has 108 valence electrons. The average molecular weight is 316 g/mol. The standard InChI is InChI=1S/C11H13ClF3NO2S/c1-8(6-12)7-19(17,18)16-10-4-2-3-9(5-10)11(13,14)15/h2-5,8,16H,6-7H2,1H3. The van der Waals surface area contributed by atoms with Crippen molar-refractivity contribution in [1.29, 1.82) is 0 Å². The van der Waals surface area contributed by atoms with E-state index in [0.717, 1.165) is 18.2 Å². The summed E-state index contributed by atoms with van der Waals surface area (Å²) in [5, 5.41) is 0. The third kappa shape index (κ3) is 5.28. The molecule has 1 rings (SSSR count). The average Bonchev–Trinajstić information content (AvgIpc) is 2.26. The second-order valence-electron chi connectivity index (χ2n) is 4.22. The Hall–Kier alpha value is -0.950. The van der Waals surface area contributed by atoms with Crippen molar-refractivity contribution in [3.63, 3.8) is 0 Å². The first kappa shape index (κ1) is 16.1. The van der Waals surface area contributed by atoms with Gasteiger partial charge in [0.05, 0.1) is 11.3 Å². The van der Waals surface area contributed by atoms with Crippen molar-refractivity contribution in [1.82, 2.24) is 0 Å². The Bertz CT molecular complexity index is 531. The molecule has 0 aliphatic heterocycles. The molecule has 0 aliphatic rings. The SMILES string of the molecule is CC(CCl)CS(=O)(=O)Nc1cccc(C(F)(F)F)c1. The second-order valence-corrected chi connectivity index (χ2v) is 6.30. The molecule has 0 heterocycles. The van der Waals surface area contributed by atoms with Gasteiger partial charge in [0.2, 0.25) is 10.0 Å².